The van der Waals surface area contributed by atoms with Crippen molar-refractivity contribution >= 4 is 5.91 Å². The summed E-state index contributed by atoms with van der Waals surface area (Å²) < 4.78 is 1.75. The molecule has 0 aliphatic heterocycles. The number of amides is 1. The van der Waals surface area contributed by atoms with Crippen molar-refractivity contribution < 1.29 is 4.79 Å². The number of nitrogens with one attached hydrogen (secondary N) is 1. The summed E-state index contributed by atoms with van der Waals surface area (Å²) in [5.74, 6) is 0.105. The summed E-state index contributed by atoms with van der Waals surface area (Å²) in [6.45, 7) is 3.69. The Morgan fingerprint density at radius 2 is 2.40 bits per heavy atom. The fourth-order valence-corrected chi connectivity index (χ4v) is 1.17. The van der Waals surface area contributed by atoms with Crippen molar-refractivity contribution in [3.05, 3.63) is 18.0 Å². The van der Waals surface area contributed by atoms with Crippen molar-refractivity contribution in [2.75, 3.05) is 20.1 Å². The second-order valence-electron chi connectivity index (χ2n) is 3.49. The average Bonchev–Trinajstić information content (AvgIpc) is 2.63. The van der Waals surface area contributed by atoms with Crippen molar-refractivity contribution in [2.45, 2.75) is 13.5 Å². The second-order valence-corrected chi connectivity index (χ2v) is 3.49. The summed E-state index contributed by atoms with van der Waals surface area (Å²) in [6.07, 6.45) is 1.89. The molecule has 0 atom stereocenters. The van der Waals surface area contributed by atoms with Gasteiger partial charge in [0.2, 0.25) is 5.91 Å². The highest BCUT2D eigenvalue weighted by molar-refractivity contribution is 5.77. The van der Waals surface area contributed by atoms with Gasteiger partial charge < -0.3 is 10.2 Å². The zero-order chi connectivity index (χ0) is 11.3. The molecule has 5 heteroatoms. The zero-order valence-electron chi connectivity index (χ0n) is 9.53. The number of nitrogens with zero attached hydrogens (tertiary/aromatic N) is 3. The van der Waals surface area contributed by atoms with Crippen molar-refractivity contribution in [1.29, 1.82) is 0 Å². The van der Waals surface area contributed by atoms with Gasteiger partial charge >= 0.3 is 0 Å². The highest BCUT2D eigenvalue weighted by atomic mass is 16.2. The van der Waals surface area contributed by atoms with Crippen LogP contribution >= 0.6 is 0 Å². The van der Waals surface area contributed by atoms with Crippen LogP contribution in [0.15, 0.2) is 12.3 Å². The van der Waals surface area contributed by atoms with E-state index in [1.54, 1.807) is 16.6 Å². The first-order valence-corrected chi connectivity index (χ1v) is 5.06. The van der Waals surface area contributed by atoms with Crippen LogP contribution in [0, 0.1) is 0 Å². The normalized spacial score (nSPS) is 10.3. The Hall–Kier alpha value is -1.36. The molecule has 1 heterocycles. The second kappa shape index (κ2) is 5.50. The Morgan fingerprint density at radius 3 is 2.93 bits per heavy atom. The van der Waals surface area contributed by atoms with Crippen molar-refractivity contribution in [1.82, 2.24) is 20.0 Å². The topological polar surface area (TPSA) is 50.2 Å². The molecule has 1 rings (SSSR count). The van der Waals surface area contributed by atoms with Gasteiger partial charge in [-0.3, -0.25) is 9.48 Å². The molecule has 84 valence electrons. The van der Waals surface area contributed by atoms with Gasteiger partial charge in [-0.1, -0.05) is 0 Å². The highest BCUT2D eigenvalue weighted by Crippen LogP contribution is 1.92. The Labute approximate surface area is 90.1 Å². The number of aryl methyl sites for hydroxylation is 1. The Morgan fingerprint density at radius 1 is 1.67 bits per heavy atom. The monoisotopic (exact) mass is 210 g/mol. The average molecular weight is 210 g/mol. The summed E-state index contributed by atoms with van der Waals surface area (Å²) in [4.78, 5) is 13.1. The lowest BCUT2D eigenvalue weighted by molar-refractivity contribution is -0.128. The fraction of sp³-hybridized carbons (Fsp3) is 0.600. The molecule has 0 bridgehead atoms. The maximum Gasteiger partial charge on any atom is 0.236 e. The number of hydrogen-bond acceptors (Lipinski definition) is 3. The van der Waals surface area contributed by atoms with E-state index in [0.717, 1.165) is 12.2 Å². The summed E-state index contributed by atoms with van der Waals surface area (Å²) in [5, 5.41) is 7.26. The molecule has 0 unspecified atom stereocenters. The van der Waals surface area contributed by atoms with Crippen LogP contribution < -0.4 is 5.32 Å². The van der Waals surface area contributed by atoms with Gasteiger partial charge in [0.25, 0.3) is 0 Å². The highest BCUT2D eigenvalue weighted by Gasteiger charge is 2.05. The molecule has 15 heavy (non-hydrogen) atoms. The summed E-state index contributed by atoms with van der Waals surface area (Å²) in [6, 6.07) is 1.93. The van der Waals surface area contributed by atoms with Crippen LogP contribution in [-0.4, -0.2) is 40.7 Å². The van der Waals surface area contributed by atoms with E-state index in [4.69, 9.17) is 0 Å². The first-order chi connectivity index (χ1) is 7.13. The van der Waals surface area contributed by atoms with Gasteiger partial charge in [-0.2, -0.15) is 5.10 Å². The SMILES string of the molecule is CCN(C)C(=O)CNCc1ccn(C)n1. The van der Waals surface area contributed by atoms with E-state index in [-0.39, 0.29) is 5.91 Å². The quantitative estimate of drug-likeness (QED) is 0.743. The molecule has 0 radical (unpaired) electrons. The molecule has 0 spiro atoms. The predicted octanol–water partition coefficient (Wildman–Crippen LogP) is -0.0120. The number of aromatic nitrogens is 2. The minimum Gasteiger partial charge on any atom is -0.345 e. The van der Waals surface area contributed by atoms with Gasteiger partial charge in [0.15, 0.2) is 0 Å². The van der Waals surface area contributed by atoms with E-state index in [9.17, 15) is 4.79 Å². The smallest absolute Gasteiger partial charge is 0.236 e. The molecule has 0 saturated heterocycles. The van der Waals surface area contributed by atoms with E-state index < -0.39 is 0 Å². The molecule has 1 aromatic rings. The minimum atomic E-state index is 0.105. The van der Waals surface area contributed by atoms with Crippen LogP contribution in [0.2, 0.25) is 0 Å². The van der Waals surface area contributed by atoms with Crippen molar-refractivity contribution in [3.63, 3.8) is 0 Å². The summed E-state index contributed by atoms with van der Waals surface area (Å²) >= 11 is 0. The van der Waals surface area contributed by atoms with Crippen LogP contribution in [0.25, 0.3) is 0 Å². The molecule has 5 nitrogen and oxygen atoms in total. The van der Waals surface area contributed by atoms with Gasteiger partial charge in [-0.15, -0.1) is 0 Å². The molecular formula is C10H18N4O. The van der Waals surface area contributed by atoms with Gasteiger partial charge in [0.05, 0.1) is 12.2 Å². The maximum absolute atomic E-state index is 11.4. The van der Waals surface area contributed by atoms with Crippen molar-refractivity contribution in [2.24, 2.45) is 7.05 Å². The van der Waals surface area contributed by atoms with E-state index >= 15 is 0 Å². The first kappa shape index (κ1) is 11.7. The Kier molecular flexibility index (Phi) is 4.30. The molecule has 0 aromatic carbocycles. The van der Waals surface area contributed by atoms with E-state index in [1.807, 2.05) is 26.2 Å². The standard InChI is InChI=1S/C10H18N4O/c1-4-13(2)10(15)8-11-7-9-5-6-14(3)12-9/h5-6,11H,4,7-8H2,1-3H3. The zero-order valence-corrected chi connectivity index (χ0v) is 9.53. The third kappa shape index (κ3) is 3.71. The molecule has 1 amide bonds. The van der Waals surface area contributed by atoms with Crippen molar-refractivity contribution in [3.8, 4) is 0 Å². The first-order valence-electron chi connectivity index (χ1n) is 5.06. The molecule has 1 aromatic heterocycles. The number of rotatable bonds is 5. The molecular weight excluding hydrogens is 192 g/mol. The van der Waals surface area contributed by atoms with Crippen LogP contribution in [0.5, 0.6) is 0 Å². The number of carbonyl (C=O) groups is 1. The lowest BCUT2D eigenvalue weighted by Gasteiger charge is -2.14. The molecule has 1 N–H and O–H groups in total. The van der Waals surface area contributed by atoms with E-state index in [1.165, 1.54) is 0 Å². The van der Waals surface area contributed by atoms with Crippen LogP contribution in [0.4, 0.5) is 0 Å². The van der Waals surface area contributed by atoms with Gasteiger partial charge in [0.1, 0.15) is 0 Å². The molecule has 0 aliphatic rings. The number of hydrogen-bond donors (Lipinski definition) is 1. The van der Waals surface area contributed by atoms with E-state index in [0.29, 0.717) is 13.1 Å². The lowest BCUT2D eigenvalue weighted by atomic mass is 10.4. The summed E-state index contributed by atoms with van der Waals surface area (Å²) in [5.41, 5.74) is 0.949. The Bertz CT molecular complexity index is 321. The fourth-order valence-electron chi connectivity index (χ4n) is 1.17. The van der Waals surface area contributed by atoms with Gasteiger partial charge in [-0.25, -0.2) is 0 Å². The largest absolute Gasteiger partial charge is 0.345 e. The predicted molar refractivity (Wildman–Crippen MR) is 58.2 cm³/mol. The van der Waals surface area contributed by atoms with Crippen LogP contribution in [0.3, 0.4) is 0 Å². The summed E-state index contributed by atoms with van der Waals surface area (Å²) in [7, 11) is 3.67. The van der Waals surface area contributed by atoms with Crippen LogP contribution in [-0.2, 0) is 18.4 Å². The molecule has 0 saturated carbocycles. The van der Waals surface area contributed by atoms with Gasteiger partial charge in [-0.05, 0) is 13.0 Å². The minimum absolute atomic E-state index is 0.105. The maximum atomic E-state index is 11.4. The Balaban J connectivity index is 2.24. The number of likely N-dealkylation sites (N-methyl/N-ethyl adjacent to an activating group) is 1. The molecule has 0 fully saturated rings. The lowest BCUT2D eigenvalue weighted by Crippen LogP contribution is -2.35. The molecule has 0 aliphatic carbocycles. The number of carbonyl (C=O) groups excluding carboxylic acids is 1. The van der Waals surface area contributed by atoms with Crippen LogP contribution in [0.1, 0.15) is 12.6 Å². The van der Waals surface area contributed by atoms with Gasteiger partial charge in [0, 0.05) is 33.4 Å². The third-order valence-electron chi connectivity index (χ3n) is 2.25. The third-order valence-corrected chi connectivity index (χ3v) is 2.25. The van der Waals surface area contributed by atoms with E-state index in [2.05, 4.69) is 10.4 Å².